The van der Waals surface area contributed by atoms with Crippen LogP contribution in [0.3, 0.4) is 0 Å². The first-order chi connectivity index (χ1) is 17.3. The van der Waals surface area contributed by atoms with Gasteiger partial charge >= 0.3 is 18.2 Å². The van der Waals surface area contributed by atoms with Gasteiger partial charge < -0.3 is 19.5 Å². The first-order valence-corrected chi connectivity index (χ1v) is 11.6. The Balaban J connectivity index is 2.23. The Morgan fingerprint density at radius 2 is 1.78 bits per heavy atom. The van der Waals surface area contributed by atoms with E-state index in [2.05, 4.69) is 15.7 Å². The molecule has 0 spiro atoms. The number of esters is 1. The Labute approximate surface area is 217 Å². The summed E-state index contributed by atoms with van der Waals surface area (Å²) in [5.41, 5.74) is 4.28. The molecule has 1 aliphatic rings. The third-order valence-corrected chi connectivity index (χ3v) is 5.43. The number of fused-ring (bicyclic) bond motifs is 1. The normalized spacial score (nSPS) is 13.8. The number of hydrazine groups is 1. The molecule has 1 aliphatic heterocycles. The van der Waals surface area contributed by atoms with E-state index in [0.717, 1.165) is 7.11 Å². The zero-order valence-electron chi connectivity index (χ0n) is 19.8. The van der Waals surface area contributed by atoms with Crippen LogP contribution in [0.15, 0.2) is 58.9 Å². The minimum absolute atomic E-state index is 0.0206. The van der Waals surface area contributed by atoms with Gasteiger partial charge in [-0.3, -0.25) is 4.99 Å². The van der Waals surface area contributed by atoms with Gasteiger partial charge in [0.2, 0.25) is 0 Å². The zero-order valence-corrected chi connectivity index (χ0v) is 21.3. The number of carbonyl (C=O) groups is 3. The van der Waals surface area contributed by atoms with Crippen LogP contribution in [-0.4, -0.2) is 55.7 Å². The fraction of sp³-hybridized carbons (Fsp3) is 0.250. The molecular weight excluding hydrogens is 511 g/mol. The molecule has 0 radical (unpaired) electrons. The van der Waals surface area contributed by atoms with Crippen LogP contribution in [0.1, 0.15) is 25.0 Å². The number of amides is 2. The molecule has 0 aliphatic carbocycles. The molecule has 3 rings (SSSR count). The first-order valence-electron chi connectivity index (χ1n) is 10.9. The number of hydrogen-bond acceptors (Lipinski definition) is 8. The molecule has 10 nitrogen and oxygen atoms in total. The second-order valence-corrected chi connectivity index (χ2v) is 7.99. The van der Waals surface area contributed by atoms with E-state index in [9.17, 15) is 14.4 Å². The molecule has 0 bridgehead atoms. The molecule has 2 aromatic rings. The number of carbonyl (C=O) groups excluding carboxylic acids is 3. The standard InChI is InChI=1S/C24H24Cl2N4O6/c1-4-35-23(32)29-30(24(33)36-5-2)21(22(31)34-3)19-13-27-20(15-8-6-7-9-17(15)26)16-12-14(25)10-11-18(16)28-19/h6-12,28H,4-5,13H2,1-3H3,(H,29,32)/b21-19-. The van der Waals surface area contributed by atoms with Crippen molar-refractivity contribution in [2.45, 2.75) is 13.8 Å². The molecule has 36 heavy (non-hydrogen) atoms. The van der Waals surface area contributed by atoms with E-state index in [1.807, 2.05) is 6.07 Å². The molecule has 0 saturated heterocycles. The Morgan fingerprint density at radius 1 is 1.06 bits per heavy atom. The highest BCUT2D eigenvalue weighted by Crippen LogP contribution is 2.31. The van der Waals surface area contributed by atoms with Crippen molar-refractivity contribution in [3.63, 3.8) is 0 Å². The third kappa shape index (κ3) is 6.07. The molecule has 0 unspecified atom stereocenters. The van der Waals surface area contributed by atoms with Gasteiger partial charge in [0, 0.05) is 26.9 Å². The highest BCUT2D eigenvalue weighted by atomic mass is 35.5. The van der Waals surface area contributed by atoms with Gasteiger partial charge in [0.15, 0.2) is 5.70 Å². The first kappa shape index (κ1) is 26.8. The maximum absolute atomic E-state index is 12.9. The monoisotopic (exact) mass is 534 g/mol. The number of ether oxygens (including phenoxy) is 3. The van der Waals surface area contributed by atoms with Crippen molar-refractivity contribution in [1.82, 2.24) is 10.4 Å². The molecular formula is C24H24Cl2N4O6. The third-order valence-electron chi connectivity index (χ3n) is 4.86. The van der Waals surface area contributed by atoms with Crippen LogP contribution in [-0.2, 0) is 19.0 Å². The van der Waals surface area contributed by atoms with E-state index in [0.29, 0.717) is 37.6 Å². The molecule has 0 saturated carbocycles. The van der Waals surface area contributed by atoms with Crippen LogP contribution in [0.5, 0.6) is 0 Å². The molecule has 12 heteroatoms. The average molecular weight is 535 g/mol. The average Bonchev–Trinajstić information content (AvgIpc) is 3.03. The summed E-state index contributed by atoms with van der Waals surface area (Å²) in [6, 6.07) is 12.2. The Bertz CT molecular complexity index is 1230. The van der Waals surface area contributed by atoms with Crippen molar-refractivity contribution in [3.05, 3.63) is 75.0 Å². The van der Waals surface area contributed by atoms with Crippen LogP contribution in [0.2, 0.25) is 10.0 Å². The summed E-state index contributed by atoms with van der Waals surface area (Å²) in [5, 5.41) is 4.66. The summed E-state index contributed by atoms with van der Waals surface area (Å²) < 4.78 is 14.9. The number of nitrogens with one attached hydrogen (secondary N) is 2. The number of methoxy groups -OCH3 is 1. The molecule has 2 aromatic carbocycles. The smallest absolute Gasteiger partial charge is 0.433 e. The number of hydrogen-bond donors (Lipinski definition) is 2. The Kier molecular flexibility index (Phi) is 9.15. The number of rotatable bonds is 5. The van der Waals surface area contributed by atoms with E-state index in [4.69, 9.17) is 37.4 Å². The van der Waals surface area contributed by atoms with Crippen molar-refractivity contribution >= 4 is 52.8 Å². The summed E-state index contributed by atoms with van der Waals surface area (Å²) in [7, 11) is 1.14. The Morgan fingerprint density at radius 3 is 2.44 bits per heavy atom. The zero-order chi connectivity index (χ0) is 26.2. The minimum Gasteiger partial charge on any atom is -0.464 e. The number of halogens is 2. The lowest BCUT2D eigenvalue weighted by molar-refractivity contribution is -0.138. The van der Waals surface area contributed by atoms with Crippen molar-refractivity contribution in [3.8, 4) is 0 Å². The lowest BCUT2D eigenvalue weighted by Gasteiger charge is -2.25. The van der Waals surface area contributed by atoms with Gasteiger partial charge in [-0.2, -0.15) is 5.01 Å². The Hall–Kier alpha value is -3.76. The van der Waals surface area contributed by atoms with E-state index >= 15 is 0 Å². The van der Waals surface area contributed by atoms with Crippen molar-refractivity contribution in [1.29, 1.82) is 0 Å². The van der Waals surface area contributed by atoms with E-state index in [-0.39, 0.29) is 31.2 Å². The fourth-order valence-corrected chi connectivity index (χ4v) is 3.76. The van der Waals surface area contributed by atoms with Gasteiger partial charge in [-0.05, 0) is 38.1 Å². The summed E-state index contributed by atoms with van der Waals surface area (Å²) in [6.45, 7) is 3.05. The van der Waals surface area contributed by atoms with Crippen LogP contribution in [0.4, 0.5) is 15.3 Å². The van der Waals surface area contributed by atoms with Gasteiger partial charge in [-0.15, -0.1) is 0 Å². The molecule has 0 aromatic heterocycles. The van der Waals surface area contributed by atoms with Crippen LogP contribution >= 0.6 is 23.2 Å². The molecule has 2 N–H and O–H groups in total. The van der Waals surface area contributed by atoms with Crippen LogP contribution < -0.4 is 10.7 Å². The number of benzene rings is 2. The van der Waals surface area contributed by atoms with Gasteiger partial charge in [-0.1, -0.05) is 41.4 Å². The van der Waals surface area contributed by atoms with Crippen molar-refractivity contribution < 1.29 is 28.6 Å². The topological polar surface area (TPSA) is 119 Å². The highest BCUT2D eigenvalue weighted by molar-refractivity contribution is 6.36. The highest BCUT2D eigenvalue weighted by Gasteiger charge is 2.33. The number of benzodiazepines with no additional fused rings is 1. The predicted molar refractivity (Wildman–Crippen MR) is 135 cm³/mol. The molecule has 1 heterocycles. The van der Waals surface area contributed by atoms with E-state index in [1.165, 1.54) is 0 Å². The quantitative estimate of drug-likeness (QED) is 0.245. The van der Waals surface area contributed by atoms with Gasteiger partial charge in [-0.25, -0.2) is 19.8 Å². The summed E-state index contributed by atoms with van der Waals surface area (Å²) in [5.74, 6) is -0.936. The van der Waals surface area contributed by atoms with Crippen molar-refractivity contribution in [2.24, 2.45) is 4.99 Å². The largest absolute Gasteiger partial charge is 0.464 e. The van der Waals surface area contributed by atoms with Crippen LogP contribution in [0, 0.1) is 0 Å². The van der Waals surface area contributed by atoms with E-state index in [1.54, 1.807) is 50.2 Å². The van der Waals surface area contributed by atoms with Crippen molar-refractivity contribution in [2.75, 3.05) is 32.2 Å². The molecule has 0 fully saturated rings. The summed E-state index contributed by atoms with van der Waals surface area (Å²) in [6.07, 6.45) is -2.01. The number of aliphatic imine (C=N–C) groups is 1. The summed E-state index contributed by atoms with van der Waals surface area (Å²) in [4.78, 5) is 42.6. The number of nitrogens with zero attached hydrogens (tertiary/aromatic N) is 2. The fourth-order valence-electron chi connectivity index (χ4n) is 3.37. The van der Waals surface area contributed by atoms with Gasteiger partial charge in [0.25, 0.3) is 0 Å². The van der Waals surface area contributed by atoms with E-state index < -0.39 is 18.2 Å². The molecule has 2 amide bonds. The van der Waals surface area contributed by atoms with Crippen LogP contribution in [0.25, 0.3) is 0 Å². The second kappa shape index (κ2) is 12.3. The summed E-state index contributed by atoms with van der Waals surface area (Å²) >= 11 is 12.7. The maximum Gasteiger partial charge on any atom is 0.433 e. The van der Waals surface area contributed by atoms with Gasteiger partial charge in [0.05, 0.1) is 38.3 Å². The maximum atomic E-state index is 12.9. The minimum atomic E-state index is -1.03. The SMILES string of the molecule is CCOC(=O)NN(C(=O)OCC)/C(C(=O)OC)=C1/CN=C(c2ccccc2Cl)c2cc(Cl)ccc2N1. The van der Waals surface area contributed by atoms with Gasteiger partial charge in [0.1, 0.15) is 0 Å². The molecule has 190 valence electrons. The number of anilines is 1. The second-order valence-electron chi connectivity index (χ2n) is 7.14. The predicted octanol–water partition coefficient (Wildman–Crippen LogP) is 4.76. The lowest BCUT2D eigenvalue weighted by Crippen LogP contribution is -2.49. The molecule has 0 atom stereocenters. The lowest BCUT2D eigenvalue weighted by atomic mass is 10.0.